The fraction of sp³-hybridized carbons (Fsp3) is 0.0714. The molecule has 0 aliphatic heterocycles. The molecule has 0 aliphatic carbocycles. The number of carbonyl (C=O) groups is 1. The number of aryl methyl sites for hydroxylation is 1. The van der Waals surface area contributed by atoms with Gasteiger partial charge in [-0.3, -0.25) is 4.79 Å². The number of hydrogen-bond donors (Lipinski definition) is 0. The van der Waals surface area contributed by atoms with Crippen LogP contribution >= 0.6 is 22.9 Å². The smallest absolute Gasteiger partial charge is 0.281 e. The van der Waals surface area contributed by atoms with Crippen molar-refractivity contribution in [3.8, 4) is 0 Å². The Balaban J connectivity index is 2.08. The van der Waals surface area contributed by atoms with Crippen LogP contribution in [-0.4, -0.2) is 15.5 Å². The van der Waals surface area contributed by atoms with Gasteiger partial charge in [0.1, 0.15) is 5.15 Å². The highest BCUT2D eigenvalue weighted by molar-refractivity contribution is 7.16. The van der Waals surface area contributed by atoms with Crippen molar-refractivity contribution in [2.45, 2.75) is 0 Å². The first-order valence-electron chi connectivity index (χ1n) is 5.90. The Hall–Kier alpha value is -1.98. The highest BCUT2D eigenvalue weighted by Crippen LogP contribution is 2.15. The van der Waals surface area contributed by atoms with Gasteiger partial charge in [-0.2, -0.15) is 4.99 Å². The summed E-state index contributed by atoms with van der Waals surface area (Å²) < 4.78 is 3.00. The average Bonchev–Trinajstić information content (AvgIpc) is 2.77. The van der Waals surface area contributed by atoms with Gasteiger partial charge in [0.2, 0.25) is 0 Å². The summed E-state index contributed by atoms with van der Waals surface area (Å²) in [6.07, 6.45) is 1.43. The van der Waals surface area contributed by atoms with Gasteiger partial charge >= 0.3 is 0 Å². The molecule has 0 atom stereocenters. The molecule has 0 bridgehead atoms. The second kappa shape index (κ2) is 5.19. The SMILES string of the molecule is Cn1c(=NC(=O)c2ccc(Cl)nc2)sc2ccccc21. The largest absolute Gasteiger partial charge is 0.319 e. The zero-order valence-electron chi connectivity index (χ0n) is 10.6. The van der Waals surface area contributed by atoms with Gasteiger partial charge in [-0.15, -0.1) is 0 Å². The minimum atomic E-state index is -0.323. The van der Waals surface area contributed by atoms with Crippen LogP contribution in [-0.2, 0) is 7.05 Å². The van der Waals surface area contributed by atoms with Gasteiger partial charge < -0.3 is 4.57 Å². The first-order valence-corrected chi connectivity index (χ1v) is 7.10. The van der Waals surface area contributed by atoms with Crippen LogP contribution < -0.4 is 4.80 Å². The lowest BCUT2D eigenvalue weighted by Crippen LogP contribution is -2.13. The molecule has 4 nitrogen and oxygen atoms in total. The lowest BCUT2D eigenvalue weighted by molar-refractivity contribution is 0.0997. The summed E-state index contributed by atoms with van der Waals surface area (Å²) in [5, 5.41) is 0.356. The zero-order valence-corrected chi connectivity index (χ0v) is 12.1. The Morgan fingerprint density at radius 3 is 2.80 bits per heavy atom. The van der Waals surface area contributed by atoms with Crippen molar-refractivity contribution in [1.82, 2.24) is 9.55 Å². The van der Waals surface area contributed by atoms with E-state index in [0.717, 1.165) is 10.2 Å². The van der Waals surface area contributed by atoms with Crippen LogP contribution in [0.4, 0.5) is 0 Å². The maximum absolute atomic E-state index is 12.1. The molecular formula is C14H10ClN3OS. The van der Waals surface area contributed by atoms with E-state index < -0.39 is 0 Å². The van der Waals surface area contributed by atoms with Crippen LogP contribution in [0.15, 0.2) is 47.6 Å². The molecule has 0 saturated heterocycles. The van der Waals surface area contributed by atoms with Gasteiger partial charge in [0.05, 0.1) is 15.8 Å². The van der Waals surface area contributed by atoms with Crippen molar-refractivity contribution >= 4 is 39.1 Å². The van der Waals surface area contributed by atoms with Crippen LogP contribution in [0.2, 0.25) is 5.15 Å². The van der Waals surface area contributed by atoms with Crippen molar-refractivity contribution in [2.75, 3.05) is 0 Å². The first-order chi connectivity index (χ1) is 9.65. The van der Waals surface area contributed by atoms with E-state index in [9.17, 15) is 4.79 Å². The van der Waals surface area contributed by atoms with E-state index in [4.69, 9.17) is 11.6 Å². The number of carbonyl (C=O) groups excluding carboxylic acids is 1. The summed E-state index contributed by atoms with van der Waals surface area (Å²) in [6, 6.07) is 11.1. The molecule has 0 unspecified atom stereocenters. The number of thiazole rings is 1. The lowest BCUT2D eigenvalue weighted by atomic mass is 10.3. The number of aromatic nitrogens is 2. The highest BCUT2D eigenvalue weighted by atomic mass is 35.5. The second-order valence-electron chi connectivity index (χ2n) is 4.20. The predicted octanol–water partition coefficient (Wildman–Crippen LogP) is 3.03. The summed E-state index contributed by atoms with van der Waals surface area (Å²) in [5.41, 5.74) is 1.48. The predicted molar refractivity (Wildman–Crippen MR) is 79.9 cm³/mol. The van der Waals surface area contributed by atoms with E-state index in [0.29, 0.717) is 15.5 Å². The molecule has 2 heterocycles. The van der Waals surface area contributed by atoms with E-state index >= 15 is 0 Å². The normalized spacial score (nSPS) is 12.0. The second-order valence-corrected chi connectivity index (χ2v) is 5.59. The van der Waals surface area contributed by atoms with E-state index in [1.807, 2.05) is 35.9 Å². The van der Waals surface area contributed by atoms with E-state index in [1.54, 1.807) is 12.1 Å². The molecule has 0 fully saturated rings. The van der Waals surface area contributed by atoms with Gasteiger partial charge in [-0.05, 0) is 24.3 Å². The van der Waals surface area contributed by atoms with Gasteiger partial charge in [-0.25, -0.2) is 4.98 Å². The van der Waals surface area contributed by atoms with Gasteiger partial charge in [0.25, 0.3) is 5.91 Å². The quantitative estimate of drug-likeness (QED) is 0.649. The van der Waals surface area contributed by atoms with Gasteiger partial charge in [0, 0.05) is 13.2 Å². The van der Waals surface area contributed by atoms with E-state index in [2.05, 4.69) is 9.98 Å². The number of amides is 1. The van der Waals surface area contributed by atoms with Gasteiger partial charge in [-0.1, -0.05) is 35.1 Å². The molecule has 2 aromatic heterocycles. The molecule has 0 saturated carbocycles. The monoisotopic (exact) mass is 303 g/mol. The number of benzene rings is 1. The Bertz CT molecular complexity index is 849. The number of halogens is 1. The molecule has 20 heavy (non-hydrogen) atoms. The number of rotatable bonds is 1. The van der Waals surface area contributed by atoms with Crippen molar-refractivity contribution in [3.05, 3.63) is 58.1 Å². The van der Waals surface area contributed by atoms with Crippen LogP contribution in [0.3, 0.4) is 0 Å². The lowest BCUT2D eigenvalue weighted by Gasteiger charge is -1.95. The summed E-state index contributed by atoms with van der Waals surface area (Å²) in [5.74, 6) is -0.323. The molecule has 0 spiro atoms. The van der Waals surface area contributed by atoms with Crippen molar-refractivity contribution in [2.24, 2.45) is 12.0 Å². The molecule has 100 valence electrons. The molecule has 3 rings (SSSR count). The Labute approximate surface area is 124 Å². The molecular weight excluding hydrogens is 294 g/mol. The highest BCUT2D eigenvalue weighted by Gasteiger charge is 2.07. The van der Waals surface area contributed by atoms with E-state index in [1.165, 1.54) is 17.5 Å². The van der Waals surface area contributed by atoms with Crippen molar-refractivity contribution < 1.29 is 4.79 Å². The Kier molecular flexibility index (Phi) is 3.38. The topological polar surface area (TPSA) is 47.2 Å². The molecule has 6 heteroatoms. The fourth-order valence-corrected chi connectivity index (χ4v) is 2.97. The standard InChI is InChI=1S/C14H10ClN3OS/c1-18-10-4-2-3-5-11(10)20-14(18)17-13(19)9-6-7-12(15)16-8-9/h2-8H,1H3. The molecule has 0 N–H and O–H groups in total. The third kappa shape index (κ3) is 2.37. The summed E-state index contributed by atoms with van der Waals surface area (Å²) in [4.78, 5) is 20.8. The van der Waals surface area contributed by atoms with Crippen LogP contribution in [0.1, 0.15) is 10.4 Å². The Morgan fingerprint density at radius 2 is 2.10 bits per heavy atom. The molecule has 1 amide bonds. The van der Waals surface area contributed by atoms with Crippen molar-refractivity contribution in [1.29, 1.82) is 0 Å². The zero-order chi connectivity index (χ0) is 14.1. The van der Waals surface area contributed by atoms with Gasteiger partial charge in [0.15, 0.2) is 4.80 Å². The number of nitrogens with zero attached hydrogens (tertiary/aromatic N) is 3. The molecule has 3 aromatic rings. The Morgan fingerprint density at radius 1 is 1.30 bits per heavy atom. The van der Waals surface area contributed by atoms with Crippen LogP contribution in [0.5, 0.6) is 0 Å². The average molecular weight is 304 g/mol. The minimum absolute atomic E-state index is 0.323. The minimum Gasteiger partial charge on any atom is -0.319 e. The number of para-hydroxylation sites is 1. The van der Waals surface area contributed by atoms with E-state index in [-0.39, 0.29) is 5.91 Å². The maximum Gasteiger partial charge on any atom is 0.281 e. The van der Waals surface area contributed by atoms with Crippen LogP contribution in [0.25, 0.3) is 10.2 Å². The molecule has 1 aromatic carbocycles. The van der Waals surface area contributed by atoms with Crippen LogP contribution in [0, 0.1) is 0 Å². The summed E-state index contributed by atoms with van der Waals surface area (Å²) in [6.45, 7) is 0. The van der Waals surface area contributed by atoms with Crippen molar-refractivity contribution in [3.63, 3.8) is 0 Å². The maximum atomic E-state index is 12.1. The third-order valence-corrected chi connectivity index (χ3v) is 4.22. The first kappa shape index (κ1) is 13.0. The molecule has 0 aliphatic rings. The summed E-state index contributed by atoms with van der Waals surface area (Å²) in [7, 11) is 1.89. The number of pyridine rings is 1. The summed E-state index contributed by atoms with van der Waals surface area (Å²) >= 11 is 7.18. The number of hydrogen-bond acceptors (Lipinski definition) is 3. The number of fused-ring (bicyclic) bond motifs is 1. The fourth-order valence-electron chi connectivity index (χ4n) is 1.84. The molecule has 0 radical (unpaired) electrons. The third-order valence-electron chi connectivity index (χ3n) is 2.89.